The van der Waals surface area contributed by atoms with Crippen LogP contribution in [0, 0.1) is 11.3 Å². The first-order valence-corrected chi connectivity index (χ1v) is 6.25. The summed E-state index contributed by atoms with van der Waals surface area (Å²) in [5.41, 5.74) is 2.71. The Bertz CT molecular complexity index is 604. The number of rotatable bonds is 2. The highest BCUT2D eigenvalue weighted by molar-refractivity contribution is 6.30. The van der Waals surface area contributed by atoms with Gasteiger partial charge in [-0.1, -0.05) is 29.8 Å². The van der Waals surface area contributed by atoms with Crippen LogP contribution in [-0.4, -0.2) is 4.98 Å². The molecule has 0 spiro atoms. The summed E-state index contributed by atoms with van der Waals surface area (Å²) in [5, 5.41) is 9.85. The number of aromatic nitrogens is 1. The molecular formula is C15H11ClN2. The van der Waals surface area contributed by atoms with E-state index in [2.05, 4.69) is 11.1 Å². The van der Waals surface area contributed by atoms with Crippen molar-refractivity contribution in [3.05, 3.63) is 53.2 Å². The Morgan fingerprint density at radius 2 is 1.83 bits per heavy atom. The van der Waals surface area contributed by atoms with E-state index in [1.54, 1.807) is 0 Å². The van der Waals surface area contributed by atoms with Crippen LogP contribution < -0.4 is 0 Å². The maximum atomic E-state index is 9.13. The van der Waals surface area contributed by atoms with Crippen molar-refractivity contribution in [2.75, 3.05) is 0 Å². The highest BCUT2D eigenvalue weighted by Crippen LogP contribution is 2.47. The summed E-state index contributed by atoms with van der Waals surface area (Å²) in [6, 6.07) is 13.9. The lowest BCUT2D eigenvalue weighted by Crippen LogP contribution is -2.02. The molecule has 0 aliphatic heterocycles. The summed E-state index contributed by atoms with van der Waals surface area (Å²) in [6.07, 6.45) is 3.72. The van der Waals surface area contributed by atoms with E-state index in [-0.39, 0.29) is 5.41 Å². The molecule has 1 heterocycles. The van der Waals surface area contributed by atoms with Crippen LogP contribution in [0.15, 0.2) is 42.6 Å². The number of benzene rings is 1. The van der Waals surface area contributed by atoms with E-state index >= 15 is 0 Å². The third-order valence-electron chi connectivity index (χ3n) is 3.42. The maximum absolute atomic E-state index is 9.13. The van der Waals surface area contributed by atoms with Crippen LogP contribution in [0.3, 0.4) is 0 Å². The minimum absolute atomic E-state index is 0.258. The van der Waals surface area contributed by atoms with Crippen LogP contribution in [0.1, 0.15) is 18.4 Å². The SMILES string of the molecule is N#CC1(c2ccc(-c3ccc(Cl)cc3)nc2)CC1. The molecule has 18 heavy (non-hydrogen) atoms. The lowest BCUT2D eigenvalue weighted by molar-refractivity contribution is 0.898. The maximum Gasteiger partial charge on any atom is 0.0838 e. The standard InChI is InChI=1S/C15H11ClN2/c16-13-4-1-11(2-5-13)14-6-3-12(9-18-14)15(10-17)7-8-15/h1-6,9H,7-8H2. The average Bonchev–Trinajstić information content (AvgIpc) is 3.21. The fourth-order valence-electron chi connectivity index (χ4n) is 2.06. The van der Waals surface area contributed by atoms with E-state index in [1.165, 1.54) is 0 Å². The van der Waals surface area contributed by atoms with E-state index in [1.807, 2.05) is 42.6 Å². The van der Waals surface area contributed by atoms with Crippen molar-refractivity contribution >= 4 is 11.6 Å². The van der Waals surface area contributed by atoms with Gasteiger partial charge in [0.05, 0.1) is 17.2 Å². The Kier molecular flexibility index (Phi) is 2.57. The van der Waals surface area contributed by atoms with Crippen molar-refractivity contribution in [2.24, 2.45) is 0 Å². The van der Waals surface area contributed by atoms with Gasteiger partial charge in [-0.25, -0.2) is 0 Å². The number of hydrogen-bond donors (Lipinski definition) is 0. The van der Waals surface area contributed by atoms with Crippen molar-refractivity contribution in [1.82, 2.24) is 4.98 Å². The molecule has 1 aliphatic rings. The molecule has 0 radical (unpaired) electrons. The Morgan fingerprint density at radius 3 is 2.33 bits per heavy atom. The number of pyridine rings is 1. The molecule has 1 aromatic carbocycles. The molecule has 0 atom stereocenters. The minimum atomic E-state index is -0.258. The quantitative estimate of drug-likeness (QED) is 0.813. The van der Waals surface area contributed by atoms with Gasteiger partial charge in [0.15, 0.2) is 0 Å². The first-order chi connectivity index (χ1) is 8.73. The molecular weight excluding hydrogens is 244 g/mol. The molecule has 0 saturated heterocycles. The van der Waals surface area contributed by atoms with Crippen LogP contribution in [-0.2, 0) is 5.41 Å². The first kappa shape index (κ1) is 11.3. The van der Waals surface area contributed by atoms with Gasteiger partial charge >= 0.3 is 0 Å². The number of nitrogens with zero attached hydrogens (tertiary/aromatic N) is 2. The van der Waals surface area contributed by atoms with Crippen LogP contribution in [0.2, 0.25) is 5.02 Å². The molecule has 1 aromatic heterocycles. The molecule has 2 nitrogen and oxygen atoms in total. The van der Waals surface area contributed by atoms with Gasteiger partial charge in [0.2, 0.25) is 0 Å². The van der Waals surface area contributed by atoms with E-state index in [0.29, 0.717) is 0 Å². The number of hydrogen-bond acceptors (Lipinski definition) is 2. The average molecular weight is 255 g/mol. The molecule has 3 rings (SSSR count). The predicted octanol–water partition coefficient (Wildman–Crippen LogP) is 3.96. The fourth-order valence-corrected chi connectivity index (χ4v) is 2.18. The summed E-state index contributed by atoms with van der Waals surface area (Å²) < 4.78 is 0. The van der Waals surface area contributed by atoms with Crippen molar-refractivity contribution in [3.8, 4) is 17.3 Å². The van der Waals surface area contributed by atoms with Gasteiger partial charge in [-0.05, 0) is 36.6 Å². The van der Waals surface area contributed by atoms with Gasteiger partial charge in [0.1, 0.15) is 0 Å². The van der Waals surface area contributed by atoms with Crippen LogP contribution >= 0.6 is 11.6 Å². The van der Waals surface area contributed by atoms with Gasteiger partial charge in [0, 0.05) is 16.8 Å². The van der Waals surface area contributed by atoms with Crippen molar-refractivity contribution in [3.63, 3.8) is 0 Å². The zero-order valence-electron chi connectivity index (χ0n) is 9.73. The van der Waals surface area contributed by atoms with Crippen molar-refractivity contribution in [1.29, 1.82) is 5.26 Å². The molecule has 0 bridgehead atoms. The first-order valence-electron chi connectivity index (χ1n) is 5.87. The van der Waals surface area contributed by atoms with E-state index in [4.69, 9.17) is 16.9 Å². The largest absolute Gasteiger partial charge is 0.256 e. The summed E-state index contributed by atoms with van der Waals surface area (Å²) in [6.45, 7) is 0. The van der Waals surface area contributed by atoms with Gasteiger partial charge < -0.3 is 0 Å². The Morgan fingerprint density at radius 1 is 1.11 bits per heavy atom. The van der Waals surface area contributed by atoms with Gasteiger partial charge in [-0.3, -0.25) is 4.98 Å². The van der Waals surface area contributed by atoms with Gasteiger partial charge in [0.25, 0.3) is 0 Å². The summed E-state index contributed by atoms with van der Waals surface area (Å²) in [5.74, 6) is 0. The number of halogens is 1. The summed E-state index contributed by atoms with van der Waals surface area (Å²) >= 11 is 5.85. The summed E-state index contributed by atoms with van der Waals surface area (Å²) in [4.78, 5) is 4.44. The van der Waals surface area contributed by atoms with Crippen molar-refractivity contribution < 1.29 is 0 Å². The molecule has 88 valence electrons. The Balaban J connectivity index is 1.92. The molecule has 0 N–H and O–H groups in total. The second kappa shape index (κ2) is 4.12. The van der Waals surface area contributed by atoms with E-state index in [9.17, 15) is 0 Å². The third kappa shape index (κ3) is 1.87. The normalized spacial score (nSPS) is 16.0. The summed E-state index contributed by atoms with van der Waals surface area (Å²) in [7, 11) is 0. The minimum Gasteiger partial charge on any atom is -0.256 e. The highest BCUT2D eigenvalue weighted by Gasteiger charge is 2.45. The zero-order chi connectivity index (χ0) is 12.6. The Labute approximate surface area is 111 Å². The predicted molar refractivity (Wildman–Crippen MR) is 71.2 cm³/mol. The van der Waals surface area contributed by atoms with Crippen LogP contribution in [0.25, 0.3) is 11.3 Å². The topological polar surface area (TPSA) is 36.7 Å². The lowest BCUT2D eigenvalue weighted by Gasteiger charge is -2.07. The molecule has 3 heteroatoms. The van der Waals surface area contributed by atoms with Gasteiger partial charge in [-0.15, -0.1) is 0 Å². The molecule has 2 aromatic rings. The monoisotopic (exact) mass is 254 g/mol. The second-order valence-corrected chi connectivity index (χ2v) is 5.07. The zero-order valence-corrected chi connectivity index (χ0v) is 10.5. The molecule has 0 unspecified atom stereocenters. The van der Waals surface area contributed by atoms with E-state index < -0.39 is 0 Å². The Hall–Kier alpha value is -1.85. The smallest absolute Gasteiger partial charge is 0.0838 e. The molecule has 1 saturated carbocycles. The van der Waals surface area contributed by atoms with Crippen LogP contribution in [0.5, 0.6) is 0 Å². The molecule has 0 amide bonds. The fraction of sp³-hybridized carbons (Fsp3) is 0.200. The second-order valence-electron chi connectivity index (χ2n) is 4.63. The van der Waals surface area contributed by atoms with Crippen molar-refractivity contribution in [2.45, 2.75) is 18.3 Å². The van der Waals surface area contributed by atoms with Gasteiger partial charge in [-0.2, -0.15) is 5.26 Å². The number of nitriles is 1. The lowest BCUT2D eigenvalue weighted by atomic mass is 9.99. The van der Waals surface area contributed by atoms with Crippen LogP contribution in [0.4, 0.5) is 0 Å². The van der Waals surface area contributed by atoms with E-state index in [0.717, 1.165) is 34.7 Å². The molecule has 1 fully saturated rings. The molecule has 1 aliphatic carbocycles. The third-order valence-corrected chi connectivity index (χ3v) is 3.67. The highest BCUT2D eigenvalue weighted by atomic mass is 35.5.